The van der Waals surface area contributed by atoms with E-state index < -0.39 is 16.6 Å². The van der Waals surface area contributed by atoms with Gasteiger partial charge < -0.3 is 34.9 Å². The number of amidine groups is 1. The molecular weight excluding hydrogens is 472 g/mol. The minimum absolute atomic E-state index is 0. The van der Waals surface area contributed by atoms with Crippen molar-refractivity contribution < 1.29 is 23.7 Å². The van der Waals surface area contributed by atoms with E-state index in [1.165, 1.54) is 0 Å². The summed E-state index contributed by atoms with van der Waals surface area (Å²) in [5, 5.41) is 3.07. The standard InChI is InChI=1S/C27H38N4O5.CH4/c1-7-18(2)12-19(14-31(5)10-11-33-6)23(32)29-20-8-9-22-21(13-20)27(17-35-24(28)30-27)26(15-34-16-26)25(3,4)36-22;/h8-9,12-14H,7,10-11,15-17H2,1-6H3,(H2,28,30)(H,29,32);1H4/b18-12+,19-14+;. The number of ether oxygens (including phenoxy) is 4. The third-order valence-electron chi connectivity index (χ3n) is 7.65. The van der Waals surface area contributed by atoms with E-state index in [-0.39, 0.29) is 19.4 Å². The number of aliphatic imine (C=N–C) groups is 1. The number of hydrogen-bond acceptors (Lipinski definition) is 8. The molecule has 0 radical (unpaired) electrons. The third-order valence-corrected chi connectivity index (χ3v) is 7.65. The number of amides is 1. The predicted molar refractivity (Wildman–Crippen MR) is 146 cm³/mol. The molecule has 4 rings (SSSR count). The van der Waals surface area contributed by atoms with Crippen molar-refractivity contribution in [2.24, 2.45) is 16.1 Å². The van der Waals surface area contributed by atoms with Crippen LogP contribution in [0.2, 0.25) is 0 Å². The summed E-state index contributed by atoms with van der Waals surface area (Å²) in [7, 11) is 3.58. The number of fused-ring (bicyclic) bond motifs is 3. The lowest BCUT2D eigenvalue weighted by Gasteiger charge is -2.61. The van der Waals surface area contributed by atoms with Gasteiger partial charge in [0.05, 0.1) is 30.8 Å². The fourth-order valence-electron chi connectivity index (χ4n) is 5.12. The van der Waals surface area contributed by atoms with Gasteiger partial charge in [0.2, 0.25) is 0 Å². The maximum atomic E-state index is 13.4. The second kappa shape index (κ2) is 10.8. The second-order valence-corrected chi connectivity index (χ2v) is 10.4. The summed E-state index contributed by atoms with van der Waals surface area (Å²) < 4.78 is 23.0. The van der Waals surface area contributed by atoms with Crippen molar-refractivity contribution in [3.63, 3.8) is 0 Å². The molecule has 3 aliphatic rings. The molecule has 1 aromatic carbocycles. The van der Waals surface area contributed by atoms with Crippen LogP contribution in [0.4, 0.5) is 5.69 Å². The largest absolute Gasteiger partial charge is 0.487 e. The number of likely N-dealkylation sites (N-methyl/N-ethyl adjacent to an activating group) is 1. The van der Waals surface area contributed by atoms with E-state index in [1.807, 2.05) is 49.3 Å². The van der Waals surface area contributed by atoms with E-state index in [4.69, 9.17) is 29.7 Å². The number of nitrogens with two attached hydrogens (primary N) is 1. The van der Waals surface area contributed by atoms with E-state index >= 15 is 0 Å². The molecule has 0 aliphatic carbocycles. The van der Waals surface area contributed by atoms with Crippen LogP contribution in [0.15, 0.2) is 46.6 Å². The van der Waals surface area contributed by atoms with Crippen LogP contribution >= 0.6 is 0 Å². The number of carbonyl (C=O) groups is 1. The molecule has 3 N–H and O–H groups in total. The van der Waals surface area contributed by atoms with Gasteiger partial charge in [-0.25, -0.2) is 4.99 Å². The van der Waals surface area contributed by atoms with Crippen LogP contribution in [0.1, 0.15) is 47.1 Å². The summed E-state index contributed by atoms with van der Waals surface area (Å²) in [4.78, 5) is 20.2. The zero-order valence-corrected chi connectivity index (χ0v) is 22.1. The van der Waals surface area contributed by atoms with Gasteiger partial charge in [-0.05, 0) is 51.5 Å². The molecule has 3 aliphatic heterocycles. The number of hydrogen-bond donors (Lipinski definition) is 2. The Morgan fingerprint density at radius 3 is 2.59 bits per heavy atom. The van der Waals surface area contributed by atoms with E-state index in [0.717, 1.165) is 17.6 Å². The van der Waals surface area contributed by atoms with E-state index in [9.17, 15) is 4.79 Å². The molecular formula is C28H42N4O5. The molecule has 0 bridgehead atoms. The van der Waals surface area contributed by atoms with Gasteiger partial charge in [-0.15, -0.1) is 0 Å². The van der Waals surface area contributed by atoms with Crippen LogP contribution in [0, 0.1) is 5.41 Å². The Kier molecular flexibility index (Phi) is 8.29. The number of allylic oxidation sites excluding steroid dienone is 1. The van der Waals surface area contributed by atoms with Gasteiger partial charge in [0.15, 0.2) is 0 Å². The van der Waals surface area contributed by atoms with Crippen molar-refractivity contribution in [2.75, 3.05) is 52.4 Å². The zero-order valence-electron chi connectivity index (χ0n) is 22.1. The van der Waals surface area contributed by atoms with Crippen molar-refractivity contribution in [1.29, 1.82) is 0 Å². The van der Waals surface area contributed by atoms with Crippen molar-refractivity contribution in [1.82, 2.24) is 4.90 Å². The molecule has 1 atom stereocenters. The smallest absolute Gasteiger partial charge is 0.283 e. The van der Waals surface area contributed by atoms with Crippen molar-refractivity contribution in [3.05, 3.63) is 47.2 Å². The van der Waals surface area contributed by atoms with Crippen LogP contribution < -0.4 is 15.8 Å². The zero-order chi connectivity index (χ0) is 26.1. The summed E-state index contributed by atoms with van der Waals surface area (Å²) in [6.07, 6.45) is 4.61. The van der Waals surface area contributed by atoms with Crippen molar-refractivity contribution >= 4 is 17.6 Å². The molecule has 9 heteroatoms. The highest BCUT2D eigenvalue weighted by atomic mass is 16.5. The molecule has 0 aromatic heterocycles. The van der Waals surface area contributed by atoms with Gasteiger partial charge in [-0.1, -0.05) is 19.9 Å². The first kappa shape index (κ1) is 28.5. The highest BCUT2D eigenvalue weighted by molar-refractivity contribution is 6.05. The monoisotopic (exact) mass is 514 g/mol. The molecule has 1 amide bonds. The first-order valence-corrected chi connectivity index (χ1v) is 12.4. The van der Waals surface area contributed by atoms with Gasteiger partial charge in [0.25, 0.3) is 11.9 Å². The SMILES string of the molecule is C.CC/C(C)=C/C(=C\N(C)CCOC)C(=O)Nc1ccc2c(c1)C1(COC(N)=N1)C1(COC1)C(C)(C)O2. The summed E-state index contributed by atoms with van der Waals surface area (Å²) in [5.74, 6) is 0.500. The average Bonchev–Trinajstić information content (AvgIpc) is 3.18. The maximum absolute atomic E-state index is 13.4. The molecule has 9 nitrogen and oxygen atoms in total. The molecule has 1 saturated heterocycles. The highest BCUT2D eigenvalue weighted by Gasteiger charge is 2.71. The van der Waals surface area contributed by atoms with E-state index in [2.05, 4.69) is 26.1 Å². The van der Waals surface area contributed by atoms with Crippen LogP contribution in [0.3, 0.4) is 0 Å². The normalized spacial score (nSPS) is 23.2. The molecule has 0 saturated carbocycles. The molecule has 1 unspecified atom stereocenters. The van der Waals surface area contributed by atoms with E-state index in [1.54, 1.807) is 7.11 Å². The van der Waals surface area contributed by atoms with Gasteiger partial charge in [0, 0.05) is 38.2 Å². The number of benzene rings is 1. The van der Waals surface area contributed by atoms with Crippen molar-refractivity contribution in [3.8, 4) is 5.75 Å². The Labute approximate surface area is 220 Å². The summed E-state index contributed by atoms with van der Waals surface area (Å²) >= 11 is 0. The fraction of sp³-hybridized carbons (Fsp3) is 0.571. The number of nitrogens with zero attached hydrogens (tertiary/aromatic N) is 2. The lowest BCUT2D eigenvalue weighted by Crippen LogP contribution is -2.71. The summed E-state index contributed by atoms with van der Waals surface area (Å²) in [6, 6.07) is 5.81. The van der Waals surface area contributed by atoms with Crippen LogP contribution in [0.5, 0.6) is 5.75 Å². The number of methoxy groups -OCH3 is 1. The van der Waals surface area contributed by atoms with Gasteiger partial charge in [-0.3, -0.25) is 4.79 Å². The van der Waals surface area contributed by atoms with Crippen molar-refractivity contribution in [2.45, 2.75) is 52.7 Å². The average molecular weight is 515 g/mol. The number of carbonyl (C=O) groups excluding carboxylic acids is 1. The molecule has 204 valence electrons. The Hall–Kier alpha value is -3.04. The lowest BCUT2D eigenvalue weighted by molar-refractivity contribution is -0.247. The first-order chi connectivity index (χ1) is 17.1. The Bertz CT molecular complexity index is 1110. The van der Waals surface area contributed by atoms with E-state index in [0.29, 0.717) is 50.0 Å². The quantitative estimate of drug-likeness (QED) is 0.401. The Morgan fingerprint density at radius 1 is 1.30 bits per heavy atom. The Morgan fingerprint density at radius 2 is 2.03 bits per heavy atom. The van der Waals surface area contributed by atoms with Gasteiger partial charge >= 0.3 is 0 Å². The molecule has 2 spiro atoms. The van der Waals surface area contributed by atoms with Crippen LogP contribution in [0.25, 0.3) is 0 Å². The molecule has 1 fully saturated rings. The topological polar surface area (TPSA) is 108 Å². The minimum Gasteiger partial charge on any atom is -0.487 e. The number of nitrogens with one attached hydrogen (secondary N) is 1. The predicted octanol–water partition coefficient (Wildman–Crippen LogP) is 3.81. The maximum Gasteiger partial charge on any atom is 0.283 e. The van der Waals surface area contributed by atoms with Crippen LogP contribution in [-0.4, -0.2) is 69.6 Å². The highest BCUT2D eigenvalue weighted by Crippen LogP contribution is 2.62. The molecule has 1 aromatic rings. The van der Waals surface area contributed by atoms with Gasteiger partial charge in [0.1, 0.15) is 23.5 Å². The lowest BCUT2D eigenvalue weighted by atomic mass is 9.55. The number of anilines is 1. The first-order valence-electron chi connectivity index (χ1n) is 12.4. The summed E-state index contributed by atoms with van der Waals surface area (Å²) in [6.45, 7) is 10.7. The fourth-order valence-corrected chi connectivity index (χ4v) is 5.12. The minimum atomic E-state index is -0.759. The number of rotatable bonds is 8. The molecule has 3 heterocycles. The Balaban J connectivity index is 0.00000380. The third kappa shape index (κ3) is 4.94. The summed E-state index contributed by atoms with van der Waals surface area (Å²) in [5.41, 5.74) is 7.44. The molecule has 37 heavy (non-hydrogen) atoms. The van der Waals surface area contributed by atoms with Gasteiger partial charge in [-0.2, -0.15) is 0 Å². The second-order valence-electron chi connectivity index (χ2n) is 10.4. The van der Waals surface area contributed by atoms with Crippen LogP contribution in [-0.2, 0) is 24.5 Å².